The van der Waals surface area contributed by atoms with Gasteiger partial charge in [-0.2, -0.15) is 0 Å². The van der Waals surface area contributed by atoms with Crippen LogP contribution in [-0.2, 0) is 6.54 Å². The van der Waals surface area contributed by atoms with Crippen molar-refractivity contribution < 1.29 is 9.84 Å². The Morgan fingerprint density at radius 2 is 2.28 bits per heavy atom. The van der Waals surface area contributed by atoms with E-state index in [0.29, 0.717) is 18.7 Å². The molecule has 1 N–H and O–H groups in total. The second-order valence-corrected chi connectivity index (χ2v) is 4.74. The number of aliphatic imine (C=N–C) groups is 1. The first kappa shape index (κ1) is 12.6. The molecule has 2 rings (SSSR count). The Labute approximate surface area is 110 Å². The summed E-state index contributed by atoms with van der Waals surface area (Å²) in [5, 5.41) is 11.7. The molecule has 94 valence electrons. The van der Waals surface area contributed by atoms with Gasteiger partial charge in [-0.1, -0.05) is 6.07 Å². The highest BCUT2D eigenvalue weighted by Crippen LogP contribution is 2.21. The minimum Gasteiger partial charge on any atom is -0.507 e. The van der Waals surface area contributed by atoms with Crippen molar-refractivity contribution in [3.8, 4) is 11.5 Å². The van der Waals surface area contributed by atoms with Gasteiger partial charge in [-0.05, 0) is 36.6 Å². The predicted octanol–water partition coefficient (Wildman–Crippen LogP) is 3.47. The maximum Gasteiger partial charge on any atom is 0.124 e. The van der Waals surface area contributed by atoms with Gasteiger partial charge in [0.15, 0.2) is 0 Å². The zero-order chi connectivity index (χ0) is 12.8. The topological polar surface area (TPSA) is 41.8 Å². The lowest BCUT2D eigenvalue weighted by atomic mass is 10.2. The Kier molecular flexibility index (Phi) is 4.36. The largest absolute Gasteiger partial charge is 0.507 e. The second kappa shape index (κ2) is 6.21. The van der Waals surface area contributed by atoms with Crippen LogP contribution in [0.5, 0.6) is 11.5 Å². The van der Waals surface area contributed by atoms with E-state index in [0.717, 1.165) is 5.75 Å². The Bertz CT molecular complexity index is 521. The van der Waals surface area contributed by atoms with Crippen LogP contribution >= 0.6 is 11.3 Å². The lowest BCUT2D eigenvalue weighted by Gasteiger charge is -2.05. The monoisotopic (exact) mass is 261 g/mol. The molecule has 1 aromatic heterocycles. The van der Waals surface area contributed by atoms with Gasteiger partial charge >= 0.3 is 0 Å². The summed E-state index contributed by atoms with van der Waals surface area (Å²) in [5.41, 5.74) is 0.678. The lowest BCUT2D eigenvalue weighted by Crippen LogP contribution is -1.92. The first-order chi connectivity index (χ1) is 8.79. The third kappa shape index (κ3) is 3.34. The number of ether oxygens (including phenoxy) is 1. The maximum absolute atomic E-state index is 9.72. The number of nitrogens with zero attached hydrogens (tertiary/aromatic N) is 1. The fourth-order valence-electron chi connectivity index (χ4n) is 1.53. The minimum absolute atomic E-state index is 0.216. The van der Waals surface area contributed by atoms with E-state index in [-0.39, 0.29) is 5.75 Å². The van der Waals surface area contributed by atoms with Gasteiger partial charge in [0.25, 0.3) is 0 Å². The maximum atomic E-state index is 9.72. The highest BCUT2D eigenvalue weighted by molar-refractivity contribution is 7.09. The van der Waals surface area contributed by atoms with Gasteiger partial charge in [-0.25, -0.2) is 0 Å². The van der Waals surface area contributed by atoms with Crippen LogP contribution in [0, 0.1) is 0 Å². The summed E-state index contributed by atoms with van der Waals surface area (Å²) in [6.45, 7) is 3.17. The first-order valence-electron chi connectivity index (χ1n) is 5.77. The number of hydrogen-bond acceptors (Lipinski definition) is 4. The van der Waals surface area contributed by atoms with Crippen LogP contribution in [0.4, 0.5) is 0 Å². The molecule has 0 spiro atoms. The molecule has 4 heteroatoms. The van der Waals surface area contributed by atoms with Crippen LogP contribution in [0.15, 0.2) is 40.7 Å². The smallest absolute Gasteiger partial charge is 0.124 e. The number of thiophene rings is 1. The van der Waals surface area contributed by atoms with Crippen molar-refractivity contribution in [2.75, 3.05) is 6.61 Å². The summed E-state index contributed by atoms with van der Waals surface area (Å²) < 4.78 is 5.38. The van der Waals surface area contributed by atoms with Crippen molar-refractivity contribution in [3.05, 3.63) is 46.2 Å². The molecular weight excluding hydrogens is 246 g/mol. The molecule has 1 aromatic carbocycles. The zero-order valence-electron chi connectivity index (χ0n) is 10.2. The van der Waals surface area contributed by atoms with E-state index in [2.05, 4.69) is 4.99 Å². The van der Waals surface area contributed by atoms with Crippen molar-refractivity contribution in [3.63, 3.8) is 0 Å². The molecule has 3 nitrogen and oxygen atoms in total. The Balaban J connectivity index is 2.07. The quantitative estimate of drug-likeness (QED) is 0.837. The molecule has 1 heterocycles. The van der Waals surface area contributed by atoms with E-state index in [1.54, 1.807) is 35.8 Å². The van der Waals surface area contributed by atoms with Crippen molar-refractivity contribution in [2.45, 2.75) is 13.5 Å². The molecule has 0 bridgehead atoms. The number of benzene rings is 1. The van der Waals surface area contributed by atoms with Crippen molar-refractivity contribution >= 4 is 17.6 Å². The number of rotatable bonds is 5. The van der Waals surface area contributed by atoms with E-state index in [1.165, 1.54) is 4.88 Å². The van der Waals surface area contributed by atoms with Crippen molar-refractivity contribution in [1.82, 2.24) is 0 Å². The summed E-state index contributed by atoms with van der Waals surface area (Å²) in [4.78, 5) is 5.52. The molecule has 0 saturated carbocycles. The molecule has 0 radical (unpaired) electrons. The van der Waals surface area contributed by atoms with Crippen LogP contribution in [0.3, 0.4) is 0 Å². The summed E-state index contributed by atoms with van der Waals surface area (Å²) in [7, 11) is 0. The fraction of sp³-hybridized carbons (Fsp3) is 0.214. The van der Waals surface area contributed by atoms with Crippen LogP contribution in [0.25, 0.3) is 0 Å². The highest BCUT2D eigenvalue weighted by atomic mass is 32.1. The molecule has 0 aliphatic rings. The molecule has 0 saturated heterocycles. The first-order valence-corrected chi connectivity index (χ1v) is 6.65. The standard InChI is InChI=1S/C14H15NO2S/c1-2-17-12-5-6-14(16)11(8-12)9-15-10-13-4-3-7-18-13/h3-9,16H,2,10H2,1H3. The summed E-state index contributed by atoms with van der Waals surface area (Å²) in [6.07, 6.45) is 1.68. The van der Waals surface area contributed by atoms with E-state index >= 15 is 0 Å². The van der Waals surface area contributed by atoms with Gasteiger partial charge in [0, 0.05) is 16.7 Å². The molecule has 0 atom stereocenters. The molecule has 0 unspecified atom stereocenters. The fourth-order valence-corrected chi connectivity index (χ4v) is 2.17. The molecule has 0 amide bonds. The number of phenols is 1. The minimum atomic E-state index is 0.216. The third-order valence-electron chi connectivity index (χ3n) is 2.37. The average Bonchev–Trinajstić information content (AvgIpc) is 2.86. The Morgan fingerprint density at radius 3 is 3.00 bits per heavy atom. The van der Waals surface area contributed by atoms with Crippen LogP contribution in [-0.4, -0.2) is 17.9 Å². The number of hydrogen-bond donors (Lipinski definition) is 1. The normalized spacial score (nSPS) is 10.9. The van der Waals surface area contributed by atoms with Crippen molar-refractivity contribution in [1.29, 1.82) is 0 Å². The number of phenolic OH excluding ortho intramolecular Hbond substituents is 1. The van der Waals surface area contributed by atoms with E-state index in [1.807, 2.05) is 24.4 Å². The van der Waals surface area contributed by atoms with Crippen LogP contribution < -0.4 is 4.74 Å². The average molecular weight is 261 g/mol. The molecule has 0 fully saturated rings. The van der Waals surface area contributed by atoms with Gasteiger partial charge < -0.3 is 9.84 Å². The highest BCUT2D eigenvalue weighted by Gasteiger charge is 2.01. The summed E-state index contributed by atoms with van der Waals surface area (Å²) >= 11 is 1.67. The van der Waals surface area contributed by atoms with Crippen molar-refractivity contribution in [2.24, 2.45) is 4.99 Å². The molecule has 2 aromatic rings. The van der Waals surface area contributed by atoms with E-state index in [4.69, 9.17) is 4.74 Å². The second-order valence-electron chi connectivity index (χ2n) is 3.70. The lowest BCUT2D eigenvalue weighted by molar-refractivity contribution is 0.339. The predicted molar refractivity (Wildman–Crippen MR) is 74.9 cm³/mol. The Morgan fingerprint density at radius 1 is 1.39 bits per heavy atom. The zero-order valence-corrected chi connectivity index (χ0v) is 11.0. The van der Waals surface area contributed by atoms with E-state index < -0.39 is 0 Å². The van der Waals surface area contributed by atoms with Gasteiger partial charge in [0.05, 0.1) is 13.2 Å². The molecular formula is C14H15NO2S. The molecule has 0 aliphatic heterocycles. The number of aromatic hydroxyl groups is 1. The van der Waals surface area contributed by atoms with Gasteiger partial charge in [-0.15, -0.1) is 11.3 Å². The summed E-state index contributed by atoms with van der Waals surface area (Å²) in [5.74, 6) is 0.959. The molecule has 0 aliphatic carbocycles. The van der Waals surface area contributed by atoms with Crippen LogP contribution in [0.1, 0.15) is 17.4 Å². The Hall–Kier alpha value is -1.81. The van der Waals surface area contributed by atoms with E-state index in [9.17, 15) is 5.11 Å². The summed E-state index contributed by atoms with van der Waals surface area (Å²) in [6, 6.07) is 9.20. The van der Waals surface area contributed by atoms with Gasteiger partial charge in [0.1, 0.15) is 11.5 Å². The van der Waals surface area contributed by atoms with Crippen LogP contribution in [0.2, 0.25) is 0 Å². The van der Waals surface area contributed by atoms with Gasteiger partial charge in [-0.3, -0.25) is 4.99 Å². The molecule has 18 heavy (non-hydrogen) atoms. The third-order valence-corrected chi connectivity index (χ3v) is 3.23. The SMILES string of the molecule is CCOc1ccc(O)c(C=NCc2cccs2)c1. The van der Waals surface area contributed by atoms with Gasteiger partial charge in [0.2, 0.25) is 0 Å².